The number of phenols is 1. The van der Waals surface area contributed by atoms with E-state index in [0.717, 1.165) is 0 Å². The van der Waals surface area contributed by atoms with Crippen LogP contribution >= 0.6 is 0 Å². The summed E-state index contributed by atoms with van der Waals surface area (Å²) in [5, 5.41) is 14.4. The number of ether oxygens (including phenoxy) is 1. The van der Waals surface area contributed by atoms with Gasteiger partial charge < -0.3 is 19.6 Å². The van der Waals surface area contributed by atoms with E-state index < -0.39 is 24.5 Å². The van der Waals surface area contributed by atoms with E-state index in [1.54, 1.807) is 13.0 Å². The molecule has 0 saturated heterocycles. The minimum absolute atomic E-state index is 0.0583. The molecule has 0 spiro atoms. The first-order valence-electron chi connectivity index (χ1n) is 6.92. The maximum Gasteiger partial charge on any atom is 0.321 e. The minimum atomic E-state index is -0.716. The third-order valence-electron chi connectivity index (χ3n) is 2.93. The van der Waals surface area contributed by atoms with Gasteiger partial charge in [0.2, 0.25) is 0 Å². The lowest BCUT2D eigenvalue weighted by Crippen LogP contribution is -2.41. The van der Waals surface area contributed by atoms with E-state index in [-0.39, 0.29) is 12.2 Å². The van der Waals surface area contributed by atoms with Crippen molar-refractivity contribution in [3.8, 4) is 5.75 Å². The molecule has 3 amide bonds. The summed E-state index contributed by atoms with van der Waals surface area (Å²) in [6, 6.07) is 3.89. The van der Waals surface area contributed by atoms with Crippen LogP contribution in [0, 0.1) is 0 Å². The van der Waals surface area contributed by atoms with Gasteiger partial charge in [-0.15, -0.1) is 0 Å². The molecule has 0 aliphatic carbocycles. The van der Waals surface area contributed by atoms with E-state index in [1.807, 2.05) is 5.32 Å². The number of fused-ring (bicyclic) bond motifs is 1. The molecule has 0 aliphatic heterocycles. The number of rotatable bonds is 5. The lowest BCUT2D eigenvalue weighted by molar-refractivity contribution is -0.147. The van der Waals surface area contributed by atoms with E-state index in [1.165, 1.54) is 18.4 Å². The zero-order valence-electron chi connectivity index (χ0n) is 12.4. The SMILES string of the molecule is CCNC(=O)NC(=O)COC(=O)Cc1coc2cc(O)ccc12. The number of aromatic hydroxyl groups is 1. The van der Waals surface area contributed by atoms with Crippen LogP contribution in [0.3, 0.4) is 0 Å². The molecular weight excluding hydrogens is 304 g/mol. The normalized spacial score (nSPS) is 10.3. The topological polar surface area (TPSA) is 118 Å². The Kier molecular flexibility index (Phi) is 5.19. The largest absolute Gasteiger partial charge is 0.508 e. The fourth-order valence-electron chi connectivity index (χ4n) is 1.93. The molecular formula is C15H16N2O6. The number of carbonyl (C=O) groups is 3. The zero-order chi connectivity index (χ0) is 16.8. The standard InChI is InChI=1S/C15H16N2O6/c1-2-16-15(21)17-13(19)8-23-14(20)5-9-7-22-12-6-10(18)3-4-11(9)12/h3-4,6-7,18H,2,5,8H2,1H3,(H2,16,17,19,21). The molecule has 0 saturated carbocycles. The highest BCUT2D eigenvalue weighted by atomic mass is 16.5. The summed E-state index contributed by atoms with van der Waals surface area (Å²) in [4.78, 5) is 34.2. The summed E-state index contributed by atoms with van der Waals surface area (Å²) in [6.07, 6.45) is 1.30. The van der Waals surface area contributed by atoms with Crippen LogP contribution in [0.4, 0.5) is 4.79 Å². The first-order valence-corrected chi connectivity index (χ1v) is 6.92. The number of imide groups is 1. The molecule has 23 heavy (non-hydrogen) atoms. The van der Waals surface area contributed by atoms with Gasteiger partial charge in [-0.1, -0.05) is 0 Å². The van der Waals surface area contributed by atoms with Crippen molar-refractivity contribution < 1.29 is 28.6 Å². The fraction of sp³-hybridized carbons (Fsp3) is 0.267. The van der Waals surface area contributed by atoms with Crippen molar-refractivity contribution in [2.75, 3.05) is 13.2 Å². The summed E-state index contributed by atoms with van der Waals surface area (Å²) in [6.45, 7) is 1.54. The van der Waals surface area contributed by atoms with E-state index in [2.05, 4.69) is 5.32 Å². The van der Waals surface area contributed by atoms with Crippen molar-refractivity contribution in [1.29, 1.82) is 0 Å². The van der Waals surface area contributed by atoms with Gasteiger partial charge >= 0.3 is 12.0 Å². The van der Waals surface area contributed by atoms with Gasteiger partial charge in [-0.05, 0) is 19.1 Å². The predicted molar refractivity (Wildman–Crippen MR) is 79.8 cm³/mol. The van der Waals surface area contributed by atoms with E-state index in [9.17, 15) is 19.5 Å². The number of benzene rings is 1. The predicted octanol–water partition coefficient (Wildman–Crippen LogP) is 1.07. The fourth-order valence-corrected chi connectivity index (χ4v) is 1.93. The molecule has 0 aliphatic rings. The molecule has 2 rings (SSSR count). The molecule has 122 valence electrons. The first-order chi connectivity index (χ1) is 11.0. The van der Waals surface area contributed by atoms with Crippen molar-refractivity contribution in [3.05, 3.63) is 30.0 Å². The average molecular weight is 320 g/mol. The molecule has 8 nitrogen and oxygen atoms in total. The molecule has 1 heterocycles. The number of esters is 1. The molecule has 0 atom stereocenters. The molecule has 8 heteroatoms. The number of amides is 3. The molecule has 1 aromatic carbocycles. The van der Waals surface area contributed by atoms with Crippen molar-refractivity contribution in [2.45, 2.75) is 13.3 Å². The Morgan fingerprint density at radius 1 is 1.30 bits per heavy atom. The van der Waals surface area contributed by atoms with Crippen molar-refractivity contribution in [3.63, 3.8) is 0 Å². The van der Waals surface area contributed by atoms with E-state index in [4.69, 9.17) is 9.15 Å². The second-order valence-electron chi connectivity index (χ2n) is 4.69. The number of carbonyl (C=O) groups excluding carboxylic acids is 3. The molecule has 3 N–H and O–H groups in total. The molecule has 0 unspecified atom stereocenters. The smallest absolute Gasteiger partial charge is 0.321 e. The highest BCUT2D eigenvalue weighted by Gasteiger charge is 2.14. The molecule has 1 aromatic heterocycles. The molecule has 0 bridgehead atoms. The monoisotopic (exact) mass is 320 g/mol. The molecule has 0 radical (unpaired) electrons. The Hall–Kier alpha value is -3.03. The number of nitrogens with one attached hydrogen (secondary N) is 2. The van der Waals surface area contributed by atoms with Gasteiger partial charge in [0.05, 0.1) is 12.7 Å². The van der Waals surface area contributed by atoms with Crippen LogP contribution in [0.25, 0.3) is 11.0 Å². The van der Waals surface area contributed by atoms with Gasteiger partial charge in [0.25, 0.3) is 5.91 Å². The summed E-state index contributed by atoms with van der Waals surface area (Å²) < 4.78 is 10.0. The van der Waals surface area contributed by atoms with Crippen LogP contribution in [0.2, 0.25) is 0 Å². The summed E-state index contributed by atoms with van der Waals surface area (Å²) >= 11 is 0. The lowest BCUT2D eigenvalue weighted by Gasteiger charge is -2.05. The summed E-state index contributed by atoms with van der Waals surface area (Å²) in [5.74, 6) is -1.29. The number of hydrogen-bond donors (Lipinski definition) is 3. The van der Waals surface area contributed by atoms with Gasteiger partial charge in [-0.3, -0.25) is 14.9 Å². The Balaban J connectivity index is 1.87. The van der Waals surface area contributed by atoms with Gasteiger partial charge in [0, 0.05) is 23.6 Å². The summed E-state index contributed by atoms with van der Waals surface area (Å²) in [5.41, 5.74) is 1.02. The van der Waals surface area contributed by atoms with E-state index >= 15 is 0 Å². The zero-order valence-corrected chi connectivity index (χ0v) is 12.4. The van der Waals surface area contributed by atoms with E-state index in [0.29, 0.717) is 23.1 Å². The maximum atomic E-state index is 11.7. The van der Waals surface area contributed by atoms with Crippen molar-refractivity contribution >= 4 is 28.9 Å². The van der Waals surface area contributed by atoms with Gasteiger partial charge in [-0.2, -0.15) is 0 Å². The molecule has 0 fully saturated rings. The van der Waals surface area contributed by atoms with Crippen molar-refractivity contribution in [2.24, 2.45) is 0 Å². The number of phenolic OH excluding ortho intramolecular Hbond substituents is 1. The highest BCUT2D eigenvalue weighted by Crippen LogP contribution is 2.25. The van der Waals surface area contributed by atoms with Gasteiger partial charge in [0.15, 0.2) is 6.61 Å². The first kappa shape index (κ1) is 16.3. The Bertz CT molecular complexity index is 737. The average Bonchev–Trinajstić information content (AvgIpc) is 2.87. The molecule has 2 aromatic rings. The Morgan fingerprint density at radius 3 is 2.83 bits per heavy atom. The van der Waals surface area contributed by atoms with Gasteiger partial charge in [-0.25, -0.2) is 4.79 Å². The van der Waals surface area contributed by atoms with Crippen LogP contribution in [-0.4, -0.2) is 36.2 Å². The quantitative estimate of drug-likeness (QED) is 0.709. The lowest BCUT2D eigenvalue weighted by atomic mass is 10.1. The second-order valence-corrected chi connectivity index (χ2v) is 4.69. The Labute approximate surface area is 131 Å². The maximum absolute atomic E-state index is 11.7. The van der Waals surface area contributed by atoms with Crippen LogP contribution in [-0.2, 0) is 20.7 Å². The van der Waals surface area contributed by atoms with Gasteiger partial charge in [0.1, 0.15) is 11.3 Å². The summed E-state index contributed by atoms with van der Waals surface area (Å²) in [7, 11) is 0. The number of furan rings is 1. The van der Waals surface area contributed by atoms with Crippen LogP contribution in [0.5, 0.6) is 5.75 Å². The van der Waals surface area contributed by atoms with Crippen LogP contribution < -0.4 is 10.6 Å². The minimum Gasteiger partial charge on any atom is -0.508 e. The third kappa shape index (κ3) is 4.47. The third-order valence-corrected chi connectivity index (χ3v) is 2.93. The number of urea groups is 1. The number of hydrogen-bond acceptors (Lipinski definition) is 6. The second kappa shape index (κ2) is 7.30. The van der Waals surface area contributed by atoms with Crippen LogP contribution in [0.1, 0.15) is 12.5 Å². The highest BCUT2D eigenvalue weighted by molar-refractivity contribution is 5.95. The van der Waals surface area contributed by atoms with Crippen molar-refractivity contribution in [1.82, 2.24) is 10.6 Å². The Morgan fingerprint density at radius 2 is 2.09 bits per heavy atom. The van der Waals surface area contributed by atoms with Crippen LogP contribution in [0.15, 0.2) is 28.9 Å².